The molecule has 0 aliphatic rings. The van der Waals surface area contributed by atoms with Crippen molar-refractivity contribution in [2.45, 2.75) is 13.5 Å². The number of nitrogens with zero attached hydrogens (tertiary/aromatic N) is 2. The molecule has 0 fully saturated rings. The van der Waals surface area contributed by atoms with Crippen LogP contribution in [0.3, 0.4) is 0 Å². The number of benzene rings is 2. The van der Waals surface area contributed by atoms with Gasteiger partial charge in [-0.2, -0.15) is 4.98 Å². The van der Waals surface area contributed by atoms with Gasteiger partial charge in [-0.15, -0.1) is 0 Å². The van der Waals surface area contributed by atoms with E-state index in [2.05, 4.69) is 9.97 Å². The van der Waals surface area contributed by atoms with E-state index in [1.807, 2.05) is 67.6 Å². The maximum atomic E-state index is 5.86. The van der Waals surface area contributed by atoms with Gasteiger partial charge in [-0.05, 0) is 24.6 Å². The summed E-state index contributed by atoms with van der Waals surface area (Å²) in [4.78, 5) is 8.81. The summed E-state index contributed by atoms with van der Waals surface area (Å²) in [5, 5.41) is 0. The summed E-state index contributed by atoms with van der Waals surface area (Å²) in [7, 11) is 0. The van der Waals surface area contributed by atoms with Gasteiger partial charge in [0.2, 0.25) is 5.88 Å². The van der Waals surface area contributed by atoms with Gasteiger partial charge in [-0.3, -0.25) is 0 Å². The highest BCUT2D eigenvalue weighted by Gasteiger charge is 2.06. The molecule has 2 N–H and O–H groups in total. The molecular formula is C18H17N3O. The number of ether oxygens (including phenoxy) is 1. The van der Waals surface area contributed by atoms with Crippen LogP contribution in [0, 0.1) is 6.92 Å². The molecule has 0 amide bonds. The van der Waals surface area contributed by atoms with Crippen LogP contribution in [-0.2, 0) is 6.54 Å². The van der Waals surface area contributed by atoms with Crippen molar-refractivity contribution in [3.05, 3.63) is 72.1 Å². The maximum absolute atomic E-state index is 5.86. The summed E-state index contributed by atoms with van der Waals surface area (Å²) in [6, 6.07) is 19.5. The molecule has 3 rings (SSSR count). The zero-order valence-corrected chi connectivity index (χ0v) is 12.4. The minimum atomic E-state index is 0.481. The standard InChI is InChI=1S/C18H17N3O/c1-13-20-17(15-7-3-2-4-8-15)11-18(21-13)22-16-9-5-6-14(10-16)12-19/h2-11H,12,19H2,1H3. The van der Waals surface area contributed by atoms with Gasteiger partial charge in [0.25, 0.3) is 0 Å². The van der Waals surface area contributed by atoms with Crippen LogP contribution < -0.4 is 10.5 Å². The molecule has 22 heavy (non-hydrogen) atoms. The largest absolute Gasteiger partial charge is 0.439 e. The van der Waals surface area contributed by atoms with E-state index < -0.39 is 0 Å². The van der Waals surface area contributed by atoms with Crippen molar-refractivity contribution in [2.75, 3.05) is 0 Å². The molecule has 0 aliphatic heterocycles. The SMILES string of the molecule is Cc1nc(Oc2cccc(CN)c2)cc(-c2ccccc2)n1. The lowest BCUT2D eigenvalue weighted by Gasteiger charge is -2.09. The lowest BCUT2D eigenvalue weighted by atomic mass is 10.1. The fourth-order valence-corrected chi connectivity index (χ4v) is 2.21. The van der Waals surface area contributed by atoms with Crippen LogP contribution in [0.5, 0.6) is 11.6 Å². The zero-order chi connectivity index (χ0) is 15.4. The number of hydrogen-bond donors (Lipinski definition) is 1. The first-order chi connectivity index (χ1) is 10.7. The third-order valence-electron chi connectivity index (χ3n) is 3.24. The Bertz CT molecular complexity index is 772. The summed E-state index contributed by atoms with van der Waals surface area (Å²) >= 11 is 0. The van der Waals surface area contributed by atoms with Crippen molar-refractivity contribution >= 4 is 0 Å². The van der Waals surface area contributed by atoms with Gasteiger partial charge >= 0.3 is 0 Å². The predicted molar refractivity (Wildman–Crippen MR) is 86.6 cm³/mol. The molecule has 3 aromatic rings. The van der Waals surface area contributed by atoms with E-state index in [1.165, 1.54) is 0 Å². The number of rotatable bonds is 4. The first-order valence-electron chi connectivity index (χ1n) is 7.12. The molecular weight excluding hydrogens is 274 g/mol. The van der Waals surface area contributed by atoms with Crippen LogP contribution in [0.25, 0.3) is 11.3 Å². The molecule has 0 spiro atoms. The van der Waals surface area contributed by atoms with E-state index in [1.54, 1.807) is 0 Å². The molecule has 1 heterocycles. The van der Waals surface area contributed by atoms with Gasteiger partial charge in [-0.25, -0.2) is 4.98 Å². The number of nitrogens with two attached hydrogens (primary N) is 1. The second-order valence-electron chi connectivity index (χ2n) is 4.96. The number of aromatic nitrogens is 2. The van der Waals surface area contributed by atoms with Crippen molar-refractivity contribution in [3.63, 3.8) is 0 Å². The Morgan fingerprint density at radius 1 is 0.955 bits per heavy atom. The highest BCUT2D eigenvalue weighted by atomic mass is 16.5. The van der Waals surface area contributed by atoms with E-state index in [4.69, 9.17) is 10.5 Å². The van der Waals surface area contributed by atoms with Gasteiger partial charge in [0.05, 0.1) is 5.69 Å². The van der Waals surface area contributed by atoms with Crippen molar-refractivity contribution in [3.8, 4) is 22.9 Å². The Morgan fingerprint density at radius 3 is 2.55 bits per heavy atom. The van der Waals surface area contributed by atoms with Crippen LogP contribution in [0.2, 0.25) is 0 Å². The quantitative estimate of drug-likeness (QED) is 0.796. The van der Waals surface area contributed by atoms with Crippen LogP contribution in [0.1, 0.15) is 11.4 Å². The first kappa shape index (κ1) is 14.2. The molecule has 110 valence electrons. The summed E-state index contributed by atoms with van der Waals surface area (Å²) in [5.41, 5.74) is 8.56. The molecule has 4 heteroatoms. The highest BCUT2D eigenvalue weighted by molar-refractivity contribution is 5.60. The molecule has 0 bridgehead atoms. The molecule has 0 atom stereocenters. The first-order valence-corrected chi connectivity index (χ1v) is 7.12. The Morgan fingerprint density at radius 2 is 1.77 bits per heavy atom. The lowest BCUT2D eigenvalue weighted by Crippen LogP contribution is -1.98. The molecule has 0 aliphatic carbocycles. The molecule has 0 saturated carbocycles. The van der Waals surface area contributed by atoms with Gasteiger partial charge in [0.1, 0.15) is 11.6 Å². The third-order valence-corrected chi connectivity index (χ3v) is 3.24. The van der Waals surface area contributed by atoms with E-state index >= 15 is 0 Å². The van der Waals surface area contributed by atoms with Crippen LogP contribution in [-0.4, -0.2) is 9.97 Å². The van der Waals surface area contributed by atoms with E-state index in [-0.39, 0.29) is 0 Å². The molecule has 0 unspecified atom stereocenters. The topological polar surface area (TPSA) is 61.0 Å². The summed E-state index contributed by atoms with van der Waals surface area (Å²) in [5.74, 6) is 1.92. The monoisotopic (exact) mass is 291 g/mol. The zero-order valence-electron chi connectivity index (χ0n) is 12.4. The van der Waals surface area contributed by atoms with Crippen LogP contribution in [0.15, 0.2) is 60.7 Å². The minimum absolute atomic E-state index is 0.481. The normalized spacial score (nSPS) is 10.5. The highest BCUT2D eigenvalue weighted by Crippen LogP contribution is 2.25. The average molecular weight is 291 g/mol. The predicted octanol–water partition coefficient (Wildman–Crippen LogP) is 3.70. The lowest BCUT2D eigenvalue weighted by molar-refractivity contribution is 0.459. The Labute approximate surface area is 129 Å². The molecule has 0 saturated heterocycles. The van der Waals surface area contributed by atoms with Crippen molar-refractivity contribution in [1.29, 1.82) is 0 Å². The van der Waals surface area contributed by atoms with Crippen LogP contribution in [0.4, 0.5) is 0 Å². The fraction of sp³-hybridized carbons (Fsp3) is 0.111. The molecule has 0 radical (unpaired) electrons. The fourth-order valence-electron chi connectivity index (χ4n) is 2.21. The Kier molecular flexibility index (Phi) is 4.12. The summed E-state index contributed by atoms with van der Waals surface area (Å²) in [6.45, 7) is 2.34. The maximum Gasteiger partial charge on any atom is 0.223 e. The van der Waals surface area contributed by atoms with Crippen molar-refractivity contribution < 1.29 is 4.74 Å². The van der Waals surface area contributed by atoms with E-state index in [0.717, 1.165) is 22.6 Å². The second kappa shape index (κ2) is 6.37. The average Bonchev–Trinajstić information content (AvgIpc) is 2.55. The molecule has 4 nitrogen and oxygen atoms in total. The molecule has 1 aromatic heterocycles. The van der Waals surface area contributed by atoms with Gasteiger partial charge in [0.15, 0.2) is 0 Å². The second-order valence-corrected chi connectivity index (χ2v) is 4.96. The Hall–Kier alpha value is -2.72. The number of hydrogen-bond acceptors (Lipinski definition) is 4. The smallest absolute Gasteiger partial charge is 0.223 e. The van der Waals surface area contributed by atoms with E-state index in [0.29, 0.717) is 18.2 Å². The van der Waals surface area contributed by atoms with Crippen molar-refractivity contribution in [2.24, 2.45) is 5.73 Å². The van der Waals surface area contributed by atoms with Gasteiger partial charge in [-0.1, -0.05) is 42.5 Å². The summed E-state index contributed by atoms with van der Waals surface area (Å²) < 4.78 is 5.86. The molecule has 2 aromatic carbocycles. The van der Waals surface area contributed by atoms with Crippen molar-refractivity contribution in [1.82, 2.24) is 9.97 Å². The van der Waals surface area contributed by atoms with Crippen LogP contribution >= 0.6 is 0 Å². The van der Waals surface area contributed by atoms with E-state index in [9.17, 15) is 0 Å². The summed E-state index contributed by atoms with van der Waals surface area (Å²) in [6.07, 6.45) is 0. The third kappa shape index (κ3) is 3.30. The van der Waals surface area contributed by atoms with Gasteiger partial charge in [0, 0.05) is 18.2 Å². The Balaban J connectivity index is 1.92. The van der Waals surface area contributed by atoms with Gasteiger partial charge < -0.3 is 10.5 Å². The minimum Gasteiger partial charge on any atom is -0.439 e. The number of aryl methyl sites for hydroxylation is 1.